The third kappa shape index (κ3) is 4.53. The number of hydrogen-bond donors (Lipinski definition) is 0. The Bertz CT molecular complexity index is 2870. The van der Waals surface area contributed by atoms with Gasteiger partial charge in [-0.15, -0.1) is 0 Å². The molecule has 0 saturated carbocycles. The van der Waals surface area contributed by atoms with E-state index in [4.69, 9.17) is 11.8 Å². The van der Waals surface area contributed by atoms with Crippen LogP contribution in [0.3, 0.4) is 0 Å². The van der Waals surface area contributed by atoms with Crippen molar-refractivity contribution in [1.82, 2.24) is 9.55 Å². The van der Waals surface area contributed by atoms with Crippen LogP contribution in [0.25, 0.3) is 82.4 Å². The minimum atomic E-state index is -0.398. The summed E-state index contributed by atoms with van der Waals surface area (Å²) in [5.41, 5.74) is 8.15. The Morgan fingerprint density at radius 2 is 1.19 bits per heavy atom. The molecule has 2 heteroatoms. The zero-order chi connectivity index (χ0) is 35.7. The number of fused-ring (bicyclic) bond motifs is 4. The van der Waals surface area contributed by atoms with Crippen LogP contribution in [-0.4, -0.2) is 9.55 Å². The van der Waals surface area contributed by atoms with E-state index in [0.717, 1.165) is 83.5 Å². The molecule has 222 valence electrons. The molecule has 0 aliphatic rings. The minimum Gasteiger partial charge on any atom is -0.296 e. The fourth-order valence-electron chi connectivity index (χ4n) is 7.08. The average Bonchev–Trinajstić information content (AvgIpc) is 3.57. The number of nitrogens with zero attached hydrogens (tertiary/aromatic N) is 2. The van der Waals surface area contributed by atoms with Crippen molar-refractivity contribution >= 4 is 43.4 Å². The van der Waals surface area contributed by atoms with E-state index in [2.05, 4.69) is 102 Å². The van der Waals surface area contributed by atoms with Crippen molar-refractivity contribution in [1.29, 1.82) is 0 Å². The minimum absolute atomic E-state index is 0.194. The molecule has 1 aromatic heterocycles. The van der Waals surface area contributed by atoms with Crippen molar-refractivity contribution in [2.75, 3.05) is 0 Å². The maximum absolute atomic E-state index is 8.73. The Morgan fingerprint density at radius 1 is 0.532 bits per heavy atom. The van der Waals surface area contributed by atoms with Gasteiger partial charge in [0.25, 0.3) is 0 Å². The molecule has 1 heterocycles. The molecule has 0 N–H and O–H groups in total. The van der Waals surface area contributed by atoms with Crippen LogP contribution >= 0.6 is 0 Å². The summed E-state index contributed by atoms with van der Waals surface area (Å²) in [5.74, 6) is 1.02. The van der Waals surface area contributed by atoms with Crippen LogP contribution in [0.2, 0.25) is 0 Å². The van der Waals surface area contributed by atoms with E-state index in [1.165, 1.54) is 0 Å². The second kappa shape index (κ2) is 11.1. The van der Waals surface area contributed by atoms with E-state index in [0.29, 0.717) is 5.56 Å². The highest BCUT2D eigenvalue weighted by atomic mass is 15.1. The summed E-state index contributed by atoms with van der Waals surface area (Å²) < 4.78 is 44.5. The summed E-state index contributed by atoms with van der Waals surface area (Å²) in [6.45, 7) is 2.13. The van der Waals surface area contributed by atoms with Crippen LogP contribution in [0.5, 0.6) is 0 Å². The summed E-state index contributed by atoms with van der Waals surface area (Å²) >= 11 is 0. The number of imidazole rings is 1. The van der Waals surface area contributed by atoms with Gasteiger partial charge in [-0.25, -0.2) is 4.98 Å². The molecule has 0 amide bonds. The van der Waals surface area contributed by atoms with E-state index in [1.807, 2.05) is 42.5 Å². The van der Waals surface area contributed by atoms with Crippen LogP contribution in [0.1, 0.15) is 19.6 Å². The van der Waals surface area contributed by atoms with Crippen LogP contribution in [0, 0.1) is 0 Å². The summed E-state index contributed by atoms with van der Waals surface area (Å²) in [7, 11) is 0. The van der Waals surface area contributed by atoms with Gasteiger partial charge >= 0.3 is 0 Å². The zero-order valence-electron chi connectivity index (χ0n) is 30.8. The molecule has 2 nitrogen and oxygen atoms in total. The van der Waals surface area contributed by atoms with Crippen molar-refractivity contribution in [3.8, 4) is 39.1 Å². The first-order chi connectivity index (χ1) is 25.3. The highest BCUT2D eigenvalue weighted by Gasteiger charge is 2.18. The summed E-state index contributed by atoms with van der Waals surface area (Å²) in [6, 6.07) is 44.6. The molecule has 0 atom stereocenters. The molecular weight excluding hydrogens is 569 g/mol. The Morgan fingerprint density at radius 3 is 2.00 bits per heavy atom. The largest absolute Gasteiger partial charge is 0.296 e. The maximum Gasteiger partial charge on any atom is 0.114 e. The number of benzene rings is 8. The topological polar surface area (TPSA) is 17.8 Å². The van der Waals surface area contributed by atoms with Crippen molar-refractivity contribution in [3.63, 3.8) is 0 Å². The molecule has 47 heavy (non-hydrogen) atoms. The third-order valence-corrected chi connectivity index (χ3v) is 9.19. The van der Waals surface area contributed by atoms with Gasteiger partial charge in [0.05, 0.1) is 17.9 Å². The SMILES string of the molecule is [2H]c1c([2H])c([2H])c(-c2ccc3c(-c4ccc5cc(-n6c(CC)nc7ccccc76)ccc5c4)c4ccccc4c(-c4ccccc4)c3c2)c([2H])c1[2H]. The monoisotopic (exact) mass is 605 g/mol. The van der Waals surface area contributed by atoms with Crippen molar-refractivity contribution in [2.24, 2.45) is 0 Å². The van der Waals surface area contributed by atoms with E-state index < -0.39 is 6.04 Å². The second-order valence-corrected chi connectivity index (χ2v) is 11.9. The molecule has 0 aliphatic carbocycles. The molecule has 9 aromatic rings. The van der Waals surface area contributed by atoms with E-state index in [-0.39, 0.29) is 29.7 Å². The molecular formula is C45H32N2. The first kappa shape index (κ1) is 22.5. The van der Waals surface area contributed by atoms with Gasteiger partial charge in [0, 0.05) is 12.1 Å². The van der Waals surface area contributed by atoms with Gasteiger partial charge in [0.1, 0.15) is 5.82 Å². The fourth-order valence-corrected chi connectivity index (χ4v) is 7.08. The molecule has 0 saturated heterocycles. The summed E-state index contributed by atoms with van der Waals surface area (Å²) in [5, 5.41) is 6.38. The third-order valence-electron chi connectivity index (χ3n) is 9.19. The van der Waals surface area contributed by atoms with E-state index in [1.54, 1.807) is 0 Å². The molecule has 0 spiro atoms. The molecule has 0 radical (unpaired) electrons. The molecule has 0 unspecified atom stereocenters. The maximum atomic E-state index is 8.73. The van der Waals surface area contributed by atoms with Gasteiger partial charge in [-0.05, 0) is 102 Å². The number of para-hydroxylation sites is 2. The number of aryl methyl sites for hydroxylation is 1. The average molecular weight is 606 g/mol. The van der Waals surface area contributed by atoms with Crippen LogP contribution in [0.4, 0.5) is 0 Å². The lowest BCUT2D eigenvalue weighted by Crippen LogP contribution is -2.00. The lowest BCUT2D eigenvalue weighted by Gasteiger charge is -2.19. The highest BCUT2D eigenvalue weighted by molar-refractivity contribution is 6.22. The van der Waals surface area contributed by atoms with Gasteiger partial charge in [0.15, 0.2) is 0 Å². The smallest absolute Gasteiger partial charge is 0.114 e. The number of hydrogen-bond acceptors (Lipinski definition) is 1. The summed E-state index contributed by atoms with van der Waals surface area (Å²) in [4.78, 5) is 4.89. The second-order valence-electron chi connectivity index (χ2n) is 11.9. The predicted octanol–water partition coefficient (Wildman–Crippen LogP) is 12.0. The Balaban J connectivity index is 1.30. The molecule has 9 rings (SSSR count). The summed E-state index contributed by atoms with van der Waals surface area (Å²) in [6.07, 6.45) is 0.822. The normalized spacial score (nSPS) is 13.1. The zero-order valence-corrected chi connectivity index (χ0v) is 25.8. The lowest BCUT2D eigenvalue weighted by molar-refractivity contribution is 0.909. The van der Waals surface area contributed by atoms with Gasteiger partial charge in [-0.3, -0.25) is 4.57 Å². The lowest BCUT2D eigenvalue weighted by atomic mass is 9.84. The van der Waals surface area contributed by atoms with E-state index >= 15 is 0 Å². The van der Waals surface area contributed by atoms with Crippen molar-refractivity contribution < 1.29 is 6.85 Å². The standard InChI is InChI=1S/C45H32N2/c1-2-43-46-41-19-11-12-20-42(41)47(43)36-25-23-32-27-35(22-21-33(32)28-36)45-38-18-10-9-17-37(38)44(31-15-7-4-8-16-31)40-29-34(24-26-39(40)45)30-13-5-3-6-14-30/h3-29H,2H2,1H3/i3D,5D,6D,13D,14D. The van der Waals surface area contributed by atoms with E-state index in [9.17, 15) is 0 Å². The Labute approximate surface area is 281 Å². The van der Waals surface area contributed by atoms with Crippen LogP contribution in [-0.2, 0) is 6.42 Å². The Kier molecular flexibility index (Phi) is 5.32. The predicted molar refractivity (Wildman–Crippen MR) is 199 cm³/mol. The van der Waals surface area contributed by atoms with Crippen molar-refractivity contribution in [3.05, 3.63) is 169 Å². The van der Waals surface area contributed by atoms with Gasteiger partial charge in [-0.1, -0.05) is 134 Å². The molecule has 0 bridgehead atoms. The molecule has 0 fully saturated rings. The number of rotatable bonds is 5. The fraction of sp³-hybridized carbons (Fsp3) is 0.0444. The molecule has 8 aromatic carbocycles. The van der Waals surface area contributed by atoms with Gasteiger partial charge in [-0.2, -0.15) is 0 Å². The molecule has 0 aliphatic heterocycles. The highest BCUT2D eigenvalue weighted by Crippen LogP contribution is 2.45. The van der Waals surface area contributed by atoms with Gasteiger partial charge in [0.2, 0.25) is 0 Å². The van der Waals surface area contributed by atoms with Gasteiger partial charge < -0.3 is 0 Å². The first-order valence-corrected chi connectivity index (χ1v) is 16.0. The number of aromatic nitrogens is 2. The Hall–Kier alpha value is -5.99. The van der Waals surface area contributed by atoms with Crippen LogP contribution < -0.4 is 0 Å². The first-order valence-electron chi connectivity index (χ1n) is 18.5. The quantitative estimate of drug-likeness (QED) is 0.178. The van der Waals surface area contributed by atoms with Crippen LogP contribution in [0.15, 0.2) is 164 Å². The van der Waals surface area contributed by atoms with Crippen molar-refractivity contribution in [2.45, 2.75) is 13.3 Å².